The van der Waals surface area contributed by atoms with Gasteiger partial charge in [0.05, 0.1) is 22.8 Å². The monoisotopic (exact) mass is 581 g/mol. The molecule has 0 N–H and O–H groups in total. The molecule has 5 nitrogen and oxygen atoms in total. The number of hydrogen-bond donors (Lipinski definition) is 0. The SMILES string of the molecule is C/C=C(/OC)c1cccc(C2CC2c2ccc(OCc3c(C(C)C)nnn3-c3c(Cl)cccc3Cl)cc2Cl)c1. The Labute approximate surface area is 244 Å². The van der Waals surface area contributed by atoms with Crippen LogP contribution in [0.5, 0.6) is 5.75 Å². The lowest BCUT2D eigenvalue weighted by molar-refractivity contribution is 0.296. The van der Waals surface area contributed by atoms with Crippen molar-refractivity contribution in [3.8, 4) is 11.4 Å². The van der Waals surface area contributed by atoms with Crippen LogP contribution >= 0.6 is 34.8 Å². The summed E-state index contributed by atoms with van der Waals surface area (Å²) in [5, 5.41) is 10.4. The lowest BCUT2D eigenvalue weighted by atomic mass is 10.0. The zero-order valence-electron chi connectivity index (χ0n) is 22.3. The van der Waals surface area contributed by atoms with Crippen molar-refractivity contribution in [1.29, 1.82) is 0 Å². The summed E-state index contributed by atoms with van der Waals surface area (Å²) in [4.78, 5) is 0. The van der Waals surface area contributed by atoms with Gasteiger partial charge in [-0.05, 0) is 78.6 Å². The topological polar surface area (TPSA) is 49.2 Å². The molecular weight excluding hydrogens is 553 g/mol. The van der Waals surface area contributed by atoms with Gasteiger partial charge in [-0.1, -0.05) is 84.2 Å². The van der Waals surface area contributed by atoms with Gasteiger partial charge < -0.3 is 9.47 Å². The highest BCUT2D eigenvalue weighted by Crippen LogP contribution is 2.56. The molecule has 202 valence electrons. The van der Waals surface area contributed by atoms with Crippen molar-refractivity contribution in [2.45, 2.75) is 51.6 Å². The van der Waals surface area contributed by atoms with E-state index >= 15 is 0 Å². The summed E-state index contributed by atoms with van der Waals surface area (Å²) in [6, 6.07) is 19.8. The van der Waals surface area contributed by atoms with Crippen molar-refractivity contribution >= 4 is 40.6 Å². The summed E-state index contributed by atoms with van der Waals surface area (Å²) in [7, 11) is 1.70. The second kappa shape index (κ2) is 11.6. The number of hydrogen-bond acceptors (Lipinski definition) is 4. The molecule has 0 bridgehead atoms. The van der Waals surface area contributed by atoms with Crippen LogP contribution in [0.3, 0.4) is 0 Å². The van der Waals surface area contributed by atoms with Crippen LogP contribution in [0, 0.1) is 0 Å². The van der Waals surface area contributed by atoms with E-state index in [4.69, 9.17) is 44.3 Å². The first-order valence-electron chi connectivity index (χ1n) is 12.9. The molecule has 1 fully saturated rings. The van der Waals surface area contributed by atoms with Crippen LogP contribution in [0.1, 0.15) is 73.0 Å². The van der Waals surface area contributed by atoms with Crippen LogP contribution in [0.25, 0.3) is 11.4 Å². The van der Waals surface area contributed by atoms with Gasteiger partial charge in [-0.3, -0.25) is 0 Å². The Bertz CT molecular complexity index is 1510. The van der Waals surface area contributed by atoms with Crippen LogP contribution in [0.4, 0.5) is 0 Å². The van der Waals surface area contributed by atoms with Gasteiger partial charge in [0.2, 0.25) is 0 Å². The number of halogens is 3. The Hall–Kier alpha value is -2.99. The van der Waals surface area contributed by atoms with E-state index in [-0.39, 0.29) is 12.5 Å². The number of methoxy groups -OCH3 is 1. The van der Waals surface area contributed by atoms with E-state index in [9.17, 15) is 0 Å². The Kier molecular flexibility index (Phi) is 8.22. The van der Waals surface area contributed by atoms with Gasteiger partial charge in [-0.15, -0.1) is 5.10 Å². The highest BCUT2D eigenvalue weighted by Gasteiger charge is 2.40. The van der Waals surface area contributed by atoms with Crippen LogP contribution in [0.15, 0.2) is 66.7 Å². The van der Waals surface area contributed by atoms with E-state index in [1.54, 1.807) is 30.0 Å². The highest BCUT2D eigenvalue weighted by molar-refractivity contribution is 6.37. The molecule has 0 radical (unpaired) electrons. The van der Waals surface area contributed by atoms with Gasteiger partial charge in [-0.25, -0.2) is 4.68 Å². The number of para-hydroxylation sites is 1. The standard InChI is InChI=1S/C31H30Cl3N3O2/c1-5-29(38-4)20-9-6-8-19(14-20)23-16-24(23)22-13-12-21(15-27(22)34)39-17-28-30(18(2)3)35-36-37(28)31-25(32)10-7-11-26(31)33/h5-15,18,23-24H,16-17H2,1-4H3/b29-5+. The molecular formula is C31H30Cl3N3O2. The van der Waals surface area contributed by atoms with E-state index in [0.29, 0.717) is 38.3 Å². The van der Waals surface area contributed by atoms with Crippen molar-refractivity contribution in [1.82, 2.24) is 15.0 Å². The van der Waals surface area contributed by atoms with Crippen molar-refractivity contribution in [3.05, 3.63) is 110 Å². The Morgan fingerprint density at radius 2 is 1.74 bits per heavy atom. The lowest BCUT2D eigenvalue weighted by Gasteiger charge is -2.14. The zero-order valence-corrected chi connectivity index (χ0v) is 24.6. The number of rotatable bonds is 9. The van der Waals surface area contributed by atoms with E-state index < -0.39 is 0 Å². The van der Waals surface area contributed by atoms with Crippen LogP contribution in [-0.2, 0) is 11.3 Å². The molecule has 0 aliphatic heterocycles. The fourth-order valence-electron chi connectivity index (χ4n) is 5.05. The fraction of sp³-hybridized carbons (Fsp3) is 0.290. The van der Waals surface area contributed by atoms with E-state index in [1.807, 2.05) is 25.1 Å². The van der Waals surface area contributed by atoms with Gasteiger partial charge in [0.15, 0.2) is 0 Å². The zero-order chi connectivity index (χ0) is 27.7. The van der Waals surface area contributed by atoms with E-state index in [1.165, 1.54) is 5.56 Å². The normalized spacial score (nSPS) is 17.0. The minimum atomic E-state index is 0.141. The maximum absolute atomic E-state index is 6.78. The number of ether oxygens (including phenoxy) is 2. The predicted molar refractivity (Wildman–Crippen MR) is 158 cm³/mol. The molecule has 39 heavy (non-hydrogen) atoms. The maximum atomic E-state index is 6.78. The highest BCUT2D eigenvalue weighted by atomic mass is 35.5. The smallest absolute Gasteiger partial charge is 0.132 e. The number of allylic oxidation sites excluding steroid dienone is 1. The van der Waals surface area contributed by atoms with Crippen molar-refractivity contribution in [2.75, 3.05) is 7.11 Å². The summed E-state index contributed by atoms with van der Waals surface area (Å²) in [6.07, 6.45) is 3.04. The fourth-order valence-corrected chi connectivity index (χ4v) is 5.92. The lowest BCUT2D eigenvalue weighted by Crippen LogP contribution is -2.09. The third-order valence-corrected chi connectivity index (χ3v) is 8.05. The first kappa shape index (κ1) is 27.6. The molecule has 5 rings (SSSR count). The molecule has 0 amide bonds. The maximum Gasteiger partial charge on any atom is 0.132 e. The Morgan fingerprint density at radius 1 is 1.00 bits per heavy atom. The van der Waals surface area contributed by atoms with Gasteiger partial charge in [0, 0.05) is 10.6 Å². The molecule has 1 saturated carbocycles. The summed E-state index contributed by atoms with van der Waals surface area (Å²) in [6.45, 7) is 6.35. The molecule has 0 spiro atoms. The summed E-state index contributed by atoms with van der Waals surface area (Å²) < 4.78 is 13.4. The molecule has 1 aromatic heterocycles. The number of aromatic nitrogens is 3. The van der Waals surface area contributed by atoms with Crippen LogP contribution in [0.2, 0.25) is 15.1 Å². The molecule has 2 atom stereocenters. The average molecular weight is 583 g/mol. The third kappa shape index (κ3) is 5.67. The van der Waals surface area contributed by atoms with Crippen molar-refractivity contribution in [3.63, 3.8) is 0 Å². The van der Waals surface area contributed by atoms with Crippen molar-refractivity contribution in [2.24, 2.45) is 0 Å². The molecule has 1 aliphatic rings. The molecule has 1 heterocycles. The second-order valence-electron chi connectivity index (χ2n) is 9.96. The largest absolute Gasteiger partial charge is 0.496 e. The van der Waals surface area contributed by atoms with Gasteiger partial charge >= 0.3 is 0 Å². The molecule has 2 unspecified atom stereocenters. The Balaban J connectivity index is 1.34. The van der Waals surface area contributed by atoms with Gasteiger partial charge in [0.1, 0.15) is 29.5 Å². The van der Waals surface area contributed by atoms with Crippen molar-refractivity contribution < 1.29 is 9.47 Å². The summed E-state index contributed by atoms with van der Waals surface area (Å²) >= 11 is 19.7. The summed E-state index contributed by atoms with van der Waals surface area (Å²) in [5.74, 6) is 2.50. The van der Waals surface area contributed by atoms with Gasteiger partial charge in [0.25, 0.3) is 0 Å². The summed E-state index contributed by atoms with van der Waals surface area (Å²) in [5.41, 5.74) is 5.72. The molecule has 1 aliphatic carbocycles. The quantitative estimate of drug-likeness (QED) is 0.185. The predicted octanol–water partition coefficient (Wildman–Crippen LogP) is 9.21. The van der Waals surface area contributed by atoms with Crippen LogP contribution in [-0.4, -0.2) is 22.1 Å². The third-order valence-electron chi connectivity index (χ3n) is 7.11. The average Bonchev–Trinajstić information content (AvgIpc) is 3.60. The second-order valence-corrected chi connectivity index (χ2v) is 11.2. The first-order chi connectivity index (χ1) is 18.8. The van der Waals surface area contributed by atoms with E-state index in [0.717, 1.165) is 34.7 Å². The van der Waals surface area contributed by atoms with Gasteiger partial charge in [-0.2, -0.15) is 0 Å². The number of nitrogens with zero attached hydrogens (tertiary/aromatic N) is 3. The molecule has 4 aromatic rings. The molecule has 0 saturated heterocycles. The van der Waals surface area contributed by atoms with E-state index in [2.05, 4.69) is 54.5 Å². The number of benzene rings is 3. The molecule has 8 heteroatoms. The van der Waals surface area contributed by atoms with Crippen LogP contribution < -0.4 is 4.74 Å². The molecule has 3 aromatic carbocycles. The minimum absolute atomic E-state index is 0.141. The first-order valence-corrected chi connectivity index (χ1v) is 14.1. The minimum Gasteiger partial charge on any atom is -0.496 e. The Morgan fingerprint density at radius 3 is 2.41 bits per heavy atom.